The maximum atomic E-state index is 12.1. The van der Waals surface area contributed by atoms with Crippen molar-refractivity contribution in [3.63, 3.8) is 0 Å². The number of carbonyl (C=O) groups is 2. The first-order valence-corrected chi connectivity index (χ1v) is 9.86. The fourth-order valence-electron chi connectivity index (χ4n) is 1.78. The quantitative estimate of drug-likeness (QED) is 0.558. The lowest BCUT2D eigenvalue weighted by atomic mass is 10.3. The van der Waals surface area contributed by atoms with Gasteiger partial charge >= 0.3 is 0 Å². The van der Waals surface area contributed by atoms with Crippen LogP contribution in [-0.4, -0.2) is 39.4 Å². The van der Waals surface area contributed by atoms with Gasteiger partial charge in [-0.15, -0.1) is 0 Å². The third kappa shape index (κ3) is 6.98. The first-order chi connectivity index (χ1) is 11.3. The highest BCUT2D eigenvalue weighted by Gasteiger charge is 2.17. The average molecular weight is 420 g/mol. The summed E-state index contributed by atoms with van der Waals surface area (Å²) in [5.74, 6) is -0.659. The number of hydrogen-bond donors (Lipinski definition) is 3. The number of halogens is 1. The van der Waals surface area contributed by atoms with E-state index in [1.54, 1.807) is 19.1 Å². The van der Waals surface area contributed by atoms with E-state index in [0.717, 1.165) is 10.9 Å². The number of hydrogen-bond acceptors (Lipinski definition) is 4. The molecule has 134 valence electrons. The van der Waals surface area contributed by atoms with Crippen molar-refractivity contribution < 1.29 is 18.0 Å². The van der Waals surface area contributed by atoms with Gasteiger partial charge in [0.05, 0.1) is 4.90 Å². The van der Waals surface area contributed by atoms with Crippen molar-refractivity contribution in [3.8, 4) is 0 Å². The van der Waals surface area contributed by atoms with Gasteiger partial charge in [0, 0.05) is 24.0 Å². The predicted octanol–water partition coefficient (Wildman–Crippen LogP) is 1.15. The third-order valence-corrected chi connectivity index (χ3v) is 5.09. The molecule has 3 N–H and O–H groups in total. The Bertz CT molecular complexity index is 662. The molecule has 2 amide bonds. The summed E-state index contributed by atoms with van der Waals surface area (Å²) in [6, 6.07) is 5.52. The van der Waals surface area contributed by atoms with Crippen molar-refractivity contribution in [1.29, 1.82) is 0 Å². The van der Waals surface area contributed by atoms with Crippen molar-refractivity contribution in [2.45, 2.75) is 37.6 Å². The zero-order chi connectivity index (χ0) is 18.2. The van der Waals surface area contributed by atoms with E-state index >= 15 is 0 Å². The van der Waals surface area contributed by atoms with E-state index in [9.17, 15) is 18.0 Å². The molecule has 1 atom stereocenters. The van der Waals surface area contributed by atoms with Crippen LogP contribution in [0, 0.1) is 0 Å². The number of carbonyl (C=O) groups excluding carboxylic acids is 2. The van der Waals surface area contributed by atoms with E-state index in [1.165, 1.54) is 12.1 Å². The summed E-state index contributed by atoms with van der Waals surface area (Å²) in [5, 5.41) is 5.20. The Balaban J connectivity index is 2.42. The van der Waals surface area contributed by atoms with Crippen LogP contribution in [0.15, 0.2) is 33.6 Å². The molecule has 0 bridgehead atoms. The van der Waals surface area contributed by atoms with Gasteiger partial charge in [0.2, 0.25) is 21.8 Å². The second-order valence-corrected chi connectivity index (χ2v) is 7.86. The van der Waals surface area contributed by atoms with E-state index in [1.807, 2.05) is 6.92 Å². The lowest BCUT2D eigenvalue weighted by molar-refractivity contribution is -0.128. The molecule has 24 heavy (non-hydrogen) atoms. The fraction of sp³-hybridized carbons (Fsp3) is 0.467. The first-order valence-electron chi connectivity index (χ1n) is 7.58. The summed E-state index contributed by atoms with van der Waals surface area (Å²) >= 11 is 3.23. The maximum absolute atomic E-state index is 12.1. The van der Waals surface area contributed by atoms with Crippen LogP contribution in [0.25, 0.3) is 0 Å². The van der Waals surface area contributed by atoms with Crippen molar-refractivity contribution in [2.24, 2.45) is 0 Å². The Labute approximate surface area is 150 Å². The number of nitrogens with one attached hydrogen (secondary N) is 3. The van der Waals surface area contributed by atoms with E-state index in [0.29, 0.717) is 6.54 Å². The van der Waals surface area contributed by atoms with Gasteiger partial charge in [0.15, 0.2) is 0 Å². The topological polar surface area (TPSA) is 104 Å². The number of rotatable bonds is 9. The smallest absolute Gasteiger partial charge is 0.242 e. The Hall–Kier alpha value is -1.45. The molecule has 0 saturated carbocycles. The molecule has 0 aliphatic heterocycles. The molecule has 0 aliphatic carbocycles. The molecule has 0 spiro atoms. The third-order valence-electron chi connectivity index (χ3n) is 3.09. The molecule has 7 nitrogen and oxygen atoms in total. The Morgan fingerprint density at radius 3 is 2.38 bits per heavy atom. The van der Waals surface area contributed by atoms with Crippen molar-refractivity contribution in [2.75, 3.05) is 13.1 Å². The van der Waals surface area contributed by atoms with Gasteiger partial charge < -0.3 is 10.6 Å². The molecule has 1 aromatic carbocycles. The summed E-state index contributed by atoms with van der Waals surface area (Å²) in [7, 11) is -3.66. The monoisotopic (exact) mass is 419 g/mol. The van der Waals surface area contributed by atoms with Gasteiger partial charge in [-0.25, -0.2) is 13.1 Å². The second kappa shape index (κ2) is 9.75. The zero-order valence-electron chi connectivity index (χ0n) is 13.6. The number of benzene rings is 1. The molecule has 0 radical (unpaired) electrons. The van der Waals surface area contributed by atoms with Gasteiger partial charge in [0.25, 0.3) is 0 Å². The minimum absolute atomic E-state index is 0.0481. The molecule has 0 heterocycles. The van der Waals surface area contributed by atoms with Gasteiger partial charge in [-0.1, -0.05) is 22.9 Å². The van der Waals surface area contributed by atoms with E-state index in [4.69, 9.17) is 0 Å². The zero-order valence-corrected chi connectivity index (χ0v) is 16.0. The molecule has 0 fully saturated rings. The van der Waals surface area contributed by atoms with Crippen LogP contribution in [0.3, 0.4) is 0 Å². The van der Waals surface area contributed by atoms with Crippen LogP contribution in [0.5, 0.6) is 0 Å². The van der Waals surface area contributed by atoms with Crippen molar-refractivity contribution in [1.82, 2.24) is 15.4 Å². The molecule has 0 saturated heterocycles. The van der Waals surface area contributed by atoms with Crippen LogP contribution >= 0.6 is 15.9 Å². The Kier molecular flexibility index (Phi) is 8.37. The fourth-order valence-corrected chi connectivity index (χ4v) is 3.07. The van der Waals surface area contributed by atoms with Crippen LogP contribution in [0.1, 0.15) is 26.7 Å². The van der Waals surface area contributed by atoms with Crippen LogP contribution in [0.4, 0.5) is 0 Å². The summed E-state index contributed by atoms with van der Waals surface area (Å²) in [6.07, 6.45) is 0.755. The van der Waals surface area contributed by atoms with Crippen LogP contribution in [-0.2, 0) is 19.6 Å². The molecule has 1 aromatic rings. The first kappa shape index (κ1) is 20.6. The molecule has 1 rings (SSSR count). The minimum atomic E-state index is -3.66. The van der Waals surface area contributed by atoms with Gasteiger partial charge in [-0.3, -0.25) is 9.59 Å². The van der Waals surface area contributed by atoms with E-state index in [-0.39, 0.29) is 23.8 Å². The normalized spacial score (nSPS) is 12.5. The number of amides is 2. The summed E-state index contributed by atoms with van der Waals surface area (Å²) < 4.78 is 27.2. The largest absolute Gasteiger partial charge is 0.354 e. The van der Waals surface area contributed by atoms with Gasteiger partial charge in [-0.05, 0) is 37.6 Å². The SMILES string of the molecule is CCCNC(=O)[C@@H](C)NC(=O)CCNS(=O)(=O)c1ccc(Br)cc1. The summed E-state index contributed by atoms with van der Waals surface area (Å²) in [4.78, 5) is 23.5. The second-order valence-electron chi connectivity index (χ2n) is 5.18. The Morgan fingerprint density at radius 1 is 1.17 bits per heavy atom. The standard InChI is InChI=1S/C15H22BrN3O4S/c1-3-9-17-15(21)11(2)19-14(20)8-10-18-24(22,23)13-6-4-12(16)5-7-13/h4-7,11,18H,3,8-10H2,1-2H3,(H,17,21)(H,19,20)/t11-/m1/s1. The summed E-state index contributed by atoms with van der Waals surface area (Å²) in [6.45, 7) is 4.01. The van der Waals surface area contributed by atoms with Crippen LogP contribution < -0.4 is 15.4 Å². The highest BCUT2D eigenvalue weighted by Crippen LogP contribution is 2.14. The highest BCUT2D eigenvalue weighted by molar-refractivity contribution is 9.10. The molecular formula is C15H22BrN3O4S. The molecule has 0 aliphatic rings. The molecular weight excluding hydrogens is 398 g/mol. The molecule has 0 aromatic heterocycles. The van der Waals surface area contributed by atoms with E-state index in [2.05, 4.69) is 31.3 Å². The lowest BCUT2D eigenvalue weighted by Gasteiger charge is -2.14. The maximum Gasteiger partial charge on any atom is 0.242 e. The Morgan fingerprint density at radius 2 is 1.79 bits per heavy atom. The number of sulfonamides is 1. The van der Waals surface area contributed by atoms with Crippen molar-refractivity contribution in [3.05, 3.63) is 28.7 Å². The molecule has 0 unspecified atom stereocenters. The van der Waals surface area contributed by atoms with Crippen molar-refractivity contribution >= 4 is 37.8 Å². The lowest BCUT2D eigenvalue weighted by Crippen LogP contribution is -2.45. The predicted molar refractivity (Wildman–Crippen MR) is 94.9 cm³/mol. The van der Waals surface area contributed by atoms with Gasteiger partial charge in [-0.2, -0.15) is 0 Å². The van der Waals surface area contributed by atoms with Crippen LogP contribution in [0.2, 0.25) is 0 Å². The summed E-state index contributed by atoms with van der Waals surface area (Å²) in [5.41, 5.74) is 0. The molecule has 9 heteroatoms. The minimum Gasteiger partial charge on any atom is -0.354 e. The average Bonchev–Trinajstić information content (AvgIpc) is 2.52. The van der Waals surface area contributed by atoms with Gasteiger partial charge in [0.1, 0.15) is 6.04 Å². The van der Waals surface area contributed by atoms with E-state index < -0.39 is 22.0 Å². The highest BCUT2D eigenvalue weighted by atomic mass is 79.9.